The van der Waals surface area contributed by atoms with Crippen LogP contribution in [0.1, 0.15) is 31.2 Å². The van der Waals surface area contributed by atoms with E-state index in [9.17, 15) is 23.1 Å². The van der Waals surface area contributed by atoms with Crippen molar-refractivity contribution in [3.63, 3.8) is 0 Å². The second-order valence-electron chi connectivity index (χ2n) is 38.9. The van der Waals surface area contributed by atoms with Crippen LogP contribution in [-0.2, 0) is 29.5 Å². The molecule has 13 aromatic rings. The number of likely N-dealkylation sites (N-methyl/N-ethyl adjacent to an activating group) is 3. The maximum Gasteiger partial charge on any atom is 0.241 e. The van der Waals surface area contributed by atoms with Crippen LogP contribution >= 0.6 is 63.4 Å². The van der Waals surface area contributed by atoms with Gasteiger partial charge in [-0.2, -0.15) is 24.9 Å². The molecule has 0 unspecified atom stereocenters. The number of anilines is 19. The highest BCUT2D eigenvalue weighted by molar-refractivity contribution is 7.71. The van der Waals surface area contributed by atoms with E-state index in [0.29, 0.717) is 161 Å². The highest BCUT2D eigenvalue weighted by Gasteiger charge is 2.34. The second kappa shape index (κ2) is 49.7. The number of aromatic nitrogens is 9. The predicted molar refractivity (Wildman–Crippen MR) is 612 cm³/mol. The van der Waals surface area contributed by atoms with E-state index >= 15 is 4.39 Å². The summed E-state index contributed by atoms with van der Waals surface area (Å²) in [6.45, 7) is 27.5. The van der Waals surface area contributed by atoms with Gasteiger partial charge in [0.15, 0.2) is 17.5 Å². The Bertz CT molecular complexity index is 7160. The third-order valence-electron chi connectivity index (χ3n) is 26.6. The molecular weight excluding hydrogens is 2050 g/mol. The maximum absolute atomic E-state index is 15.5. The van der Waals surface area contributed by atoms with Gasteiger partial charge in [-0.05, 0) is 222 Å². The fraction of sp³-hybridized carbons (Fsp3) is 0.368. The lowest BCUT2D eigenvalue weighted by atomic mass is 10.0. The maximum atomic E-state index is 15.5. The number of ether oxygens (including phenoxy) is 6. The molecule has 44 heteroatoms. The topological polar surface area (TPSA) is 382 Å². The van der Waals surface area contributed by atoms with E-state index in [-0.39, 0.29) is 17.7 Å². The van der Waals surface area contributed by atoms with Gasteiger partial charge in [0, 0.05) is 154 Å². The number of para-hydroxylation sites is 4. The van der Waals surface area contributed by atoms with Gasteiger partial charge >= 0.3 is 0 Å². The first kappa shape index (κ1) is 112. The summed E-state index contributed by atoms with van der Waals surface area (Å²) in [6.07, 6.45) is 11.4. The lowest BCUT2D eigenvalue weighted by Gasteiger charge is -2.42. The first-order chi connectivity index (χ1) is 71.7. The summed E-state index contributed by atoms with van der Waals surface area (Å²) in [5.41, 5.74) is 9.46. The molecule has 796 valence electrons. The van der Waals surface area contributed by atoms with E-state index in [2.05, 4.69) is 138 Å². The zero-order valence-electron chi connectivity index (χ0n) is 87.9. The number of fused-ring (bicyclic) bond motifs is 2. The number of hydrogen-bond donors (Lipinski definition) is 9. The summed E-state index contributed by atoms with van der Waals surface area (Å²) < 4.78 is 99.4. The molecule has 0 spiro atoms. The van der Waals surface area contributed by atoms with E-state index in [1.807, 2.05) is 133 Å². The number of piperazine rings is 2. The number of carbonyl (C=O) groups is 1. The summed E-state index contributed by atoms with van der Waals surface area (Å²) in [7, 11) is 7.78. The Kier molecular flexibility index (Phi) is 36.9. The fourth-order valence-corrected chi connectivity index (χ4v) is 22.8. The van der Waals surface area contributed by atoms with Gasteiger partial charge in [0.2, 0.25) is 29.7 Å². The van der Waals surface area contributed by atoms with Crippen LogP contribution in [0.5, 0.6) is 34.5 Å². The Morgan fingerprint density at radius 2 is 0.793 bits per heavy atom. The number of methoxy groups -OCH3 is 6. The number of piperidine rings is 2. The van der Waals surface area contributed by atoms with Crippen molar-refractivity contribution in [3.8, 4) is 34.5 Å². The zero-order chi connectivity index (χ0) is 107. The average molecular weight is 2180 g/mol. The van der Waals surface area contributed by atoms with Crippen molar-refractivity contribution in [2.75, 3.05) is 273 Å². The molecule has 36 nitrogen and oxygen atoms in total. The zero-order valence-corrected chi connectivity index (χ0v) is 93.7. The first-order valence-corrected chi connectivity index (χ1v) is 60.8. The van der Waals surface area contributed by atoms with Crippen molar-refractivity contribution in [2.24, 2.45) is 0 Å². The highest BCUT2D eigenvalue weighted by Crippen LogP contribution is 2.47. The first-order valence-electron chi connectivity index (χ1n) is 49.3. The van der Waals surface area contributed by atoms with Gasteiger partial charge in [0.05, 0.1) is 124 Å². The van der Waals surface area contributed by atoms with Gasteiger partial charge in [0.25, 0.3) is 0 Å². The summed E-state index contributed by atoms with van der Waals surface area (Å²) in [5.74, 6) is 6.29. The molecule has 1 amide bonds. The molecule has 4 saturated heterocycles. The number of amides is 1. The molecule has 18 rings (SSSR count). The molecule has 4 fully saturated rings. The average Bonchev–Trinajstić information content (AvgIpc) is 1.62. The van der Waals surface area contributed by atoms with Crippen LogP contribution < -0.4 is 107 Å². The molecule has 10 heterocycles. The summed E-state index contributed by atoms with van der Waals surface area (Å²) >= 11 is 19.1. The van der Waals surface area contributed by atoms with Crippen LogP contribution in [0, 0.1) is 5.82 Å². The van der Waals surface area contributed by atoms with Crippen molar-refractivity contribution in [3.05, 3.63) is 209 Å². The largest absolute Gasteiger partial charge is 0.495 e. The van der Waals surface area contributed by atoms with Crippen molar-refractivity contribution in [1.82, 2.24) is 69.4 Å². The molecule has 5 aliphatic heterocycles. The van der Waals surface area contributed by atoms with Crippen molar-refractivity contribution < 1.29 is 55.9 Å². The minimum Gasteiger partial charge on any atom is -0.495 e. The van der Waals surface area contributed by atoms with Crippen LogP contribution in [0.25, 0.3) is 11.0 Å². The molecule has 5 aliphatic rings. The third kappa shape index (κ3) is 28.4. The number of halogens is 4. The summed E-state index contributed by atoms with van der Waals surface area (Å²) in [4.78, 5) is 70.1. The van der Waals surface area contributed by atoms with Gasteiger partial charge < -0.3 is 124 Å². The van der Waals surface area contributed by atoms with E-state index in [0.717, 1.165) is 140 Å². The minimum atomic E-state index is -2.55. The number of hydrogen-bond acceptors (Lipinski definition) is 34. The Morgan fingerprint density at radius 3 is 1.27 bits per heavy atom. The standard InChI is InChI=1S/C30H41ClN7O3P.C29H38ClFN7O2P.C27H32N7O3P.C20H22ClN4O3P/c1-36-14-16-38(17-15-36)21-10-12-37(13-11-21)22-6-8-26(27(18-22)40-2)34-30-32-20-24(31)29(35-30)33-25-9-7-23(42(4,5)39)19-28(25)41-3;1-36-13-15-37(16-14-36)20-9-11-38(12-10-20)25-18-26(40-2)24(17-22(25)31)34-29-32-19-21(30)28(35-29)33-23-7-5-6-8-27(23)41(3,4)39;1-33(2)16-24(35)34-13-11-17-14-22(37-3)20(15-21(17)34)30-27-31-25-18(10-12-28-25)26(32-27)29-19-8-6-7-9-23(19)38(4,5)36;1-27-17-8-6-5-7-15(17)23-19-14(21)12-22-20(25-19)24-16-10-9-13(29(3,4)26)11-18(16)28-2/h6-9,18-21H,10-17H2,1-5H3,(H2,32,33,34,35);5-8,17-20H,9-16H2,1-4H3,(H2,32,33,34,35);6-10,12,14-15H,11,13,16H2,1-5H3,(H3,28,29,30,31,32);5-12H,1-4H3,(H2,22,23,24,25). The number of H-pyrrole nitrogens is 1. The van der Waals surface area contributed by atoms with Gasteiger partial charge in [-0.15, -0.1) is 0 Å². The molecule has 0 saturated carbocycles. The van der Waals surface area contributed by atoms with Gasteiger partial charge in [-0.25, -0.2) is 19.3 Å². The van der Waals surface area contributed by atoms with Crippen LogP contribution in [-0.4, -0.2) is 303 Å². The monoisotopic (exact) mass is 2180 g/mol. The lowest BCUT2D eigenvalue weighted by Crippen LogP contribution is -2.52. The molecule has 0 atom stereocenters. The van der Waals surface area contributed by atoms with Gasteiger partial charge in [-0.1, -0.05) is 71.2 Å². The summed E-state index contributed by atoms with van der Waals surface area (Å²) in [5, 5.41) is 30.4. The highest BCUT2D eigenvalue weighted by atomic mass is 35.5. The fourth-order valence-electron chi connectivity index (χ4n) is 18.4. The number of nitrogens with zero attached hydrogens (tertiary/aromatic N) is 16. The van der Waals surface area contributed by atoms with E-state index in [1.54, 1.807) is 133 Å². The van der Waals surface area contributed by atoms with Gasteiger partial charge in [0.1, 0.15) is 95.4 Å². The van der Waals surface area contributed by atoms with Crippen molar-refractivity contribution >= 4 is 211 Å². The van der Waals surface area contributed by atoms with Crippen LogP contribution in [0.15, 0.2) is 183 Å². The van der Waals surface area contributed by atoms with Crippen molar-refractivity contribution in [2.45, 2.75) is 44.2 Å². The molecule has 150 heavy (non-hydrogen) atoms. The Morgan fingerprint density at radius 1 is 0.400 bits per heavy atom. The molecule has 0 radical (unpaired) electrons. The van der Waals surface area contributed by atoms with E-state index < -0.39 is 28.6 Å². The Hall–Kier alpha value is -12.6. The molecule has 0 bridgehead atoms. The Balaban J connectivity index is 0.000000151. The predicted octanol–water partition coefficient (Wildman–Crippen LogP) is 19.4. The molecule has 9 N–H and O–H groups in total. The number of nitrogens with one attached hydrogen (secondary N) is 9. The number of benzene rings is 8. The molecule has 8 aromatic carbocycles. The number of carbonyl (C=O) groups excluding carboxylic acids is 1. The lowest BCUT2D eigenvalue weighted by molar-refractivity contribution is -0.119. The third-order valence-corrected chi connectivity index (χ3v) is 33.6. The number of aromatic amines is 1. The quantitative estimate of drug-likeness (QED) is 0.0177. The normalized spacial score (nSPS) is 15.1. The molecule has 0 aliphatic carbocycles. The van der Waals surface area contributed by atoms with Crippen molar-refractivity contribution in [1.29, 1.82) is 0 Å². The molecule has 5 aromatic heterocycles. The van der Waals surface area contributed by atoms with E-state index in [4.69, 9.17) is 68.2 Å². The smallest absolute Gasteiger partial charge is 0.241 e. The van der Waals surface area contributed by atoms with Crippen LogP contribution in [0.4, 0.5) is 114 Å². The van der Waals surface area contributed by atoms with E-state index in [1.165, 1.54) is 50.6 Å². The van der Waals surface area contributed by atoms with Crippen LogP contribution in [0.3, 0.4) is 0 Å². The SMILES string of the molecule is COc1cc(N2CCC(N3CCN(C)CC3)CC2)c(F)cc1Nc1ncc(Cl)c(Nc2ccccc2P(C)(C)=O)n1.COc1cc(N2CCC(N3CCN(C)CC3)CC2)ccc1Nc1ncc(Cl)c(Nc2ccc(P(C)(C)=O)cc2OC)n1.COc1cc(P(C)(C)=O)ccc1Nc1ncc(Cl)c(Nc2ccccc2OC)n1.COc1cc2c(cc1Nc1nc(Nc3ccccc3P(C)(C)=O)c3cc[nH]c3n1)N(C(=O)CN(C)C)CC2. The van der Waals surface area contributed by atoms with Gasteiger partial charge in [-0.3, -0.25) is 14.6 Å². The summed E-state index contributed by atoms with van der Waals surface area (Å²) in [6, 6.07) is 49.4. The number of rotatable bonds is 32. The Labute approximate surface area is 891 Å². The second-order valence-corrected chi connectivity index (χ2v) is 53.0. The molecular formula is C106H133Cl3FN25O11P4. The minimum absolute atomic E-state index is 0.0446. The van der Waals surface area contributed by atoms with Crippen LogP contribution in [0.2, 0.25) is 15.1 Å².